The maximum absolute atomic E-state index is 12.1. The summed E-state index contributed by atoms with van der Waals surface area (Å²) in [4.78, 5) is 16.1. The van der Waals surface area contributed by atoms with Gasteiger partial charge in [-0.15, -0.1) is 0 Å². The minimum absolute atomic E-state index is 0. The zero-order valence-corrected chi connectivity index (χ0v) is 12.9. The number of pyridine rings is 2. The molecule has 5 heteroatoms. The van der Waals surface area contributed by atoms with Crippen LogP contribution in [0, 0.1) is 0 Å². The van der Waals surface area contributed by atoms with Crippen molar-refractivity contribution in [1.29, 1.82) is 0 Å². The molecular weight excluding hydrogens is 259 g/mol. The molecule has 0 fully saturated rings. The molecular formula is C13H10ClN2NaO. The molecule has 2 aromatic heterocycles. The van der Waals surface area contributed by atoms with Crippen molar-refractivity contribution in [1.82, 2.24) is 9.55 Å². The molecule has 0 aliphatic heterocycles. The number of nitrogens with zero attached hydrogens (tertiary/aromatic N) is 2. The summed E-state index contributed by atoms with van der Waals surface area (Å²) in [5, 5.41) is 3.18. The number of aryl methyl sites for hydroxylation is 1. The van der Waals surface area contributed by atoms with Crippen molar-refractivity contribution in [3.05, 3.63) is 52.0 Å². The summed E-state index contributed by atoms with van der Waals surface area (Å²) in [5.41, 5.74) is 0.782. The average Bonchev–Trinajstić information content (AvgIpc) is 2.36. The van der Waals surface area contributed by atoms with Gasteiger partial charge in [-0.3, -0.25) is 9.78 Å². The maximum atomic E-state index is 12.1. The van der Waals surface area contributed by atoms with Crippen LogP contribution in [-0.4, -0.2) is 9.55 Å². The van der Waals surface area contributed by atoms with E-state index < -0.39 is 0 Å². The van der Waals surface area contributed by atoms with Crippen LogP contribution in [0.4, 0.5) is 0 Å². The third kappa shape index (κ3) is 1.97. The normalized spacial score (nSPS) is 10.6. The Bertz CT molecular complexity index is 804. The zero-order chi connectivity index (χ0) is 12.0. The summed E-state index contributed by atoms with van der Waals surface area (Å²) < 4.78 is 1.60. The average molecular weight is 269 g/mol. The second-order valence-corrected chi connectivity index (χ2v) is 4.38. The molecule has 0 atom stereocenters. The summed E-state index contributed by atoms with van der Waals surface area (Å²) in [7, 11) is 1.74. The van der Waals surface area contributed by atoms with Crippen LogP contribution in [0.15, 0.2) is 41.5 Å². The van der Waals surface area contributed by atoms with Gasteiger partial charge in [0.2, 0.25) is 0 Å². The van der Waals surface area contributed by atoms with Crippen molar-refractivity contribution in [2.24, 2.45) is 7.05 Å². The Hall–Kier alpha value is -0.870. The summed E-state index contributed by atoms with van der Waals surface area (Å²) in [6.07, 6.45) is 3.29. The van der Waals surface area contributed by atoms with E-state index >= 15 is 0 Å². The van der Waals surface area contributed by atoms with Crippen LogP contribution in [0.5, 0.6) is 0 Å². The van der Waals surface area contributed by atoms with Gasteiger partial charge < -0.3 is 5.99 Å². The summed E-state index contributed by atoms with van der Waals surface area (Å²) in [6, 6.07) is 7.42. The van der Waals surface area contributed by atoms with E-state index in [0.29, 0.717) is 10.4 Å². The second-order valence-electron chi connectivity index (χ2n) is 3.95. The minimum Gasteiger partial charge on any atom is -1.00 e. The van der Waals surface area contributed by atoms with E-state index in [9.17, 15) is 4.79 Å². The molecule has 0 aliphatic carbocycles. The molecule has 0 amide bonds. The number of hydrogen-bond acceptors (Lipinski definition) is 2. The molecule has 3 nitrogen and oxygen atoms in total. The van der Waals surface area contributed by atoms with Crippen LogP contribution in [0.2, 0.25) is 5.02 Å². The van der Waals surface area contributed by atoms with E-state index in [0.717, 1.165) is 16.3 Å². The van der Waals surface area contributed by atoms with Gasteiger partial charge in [-0.05, 0) is 23.6 Å². The zero-order valence-electron chi connectivity index (χ0n) is 11.1. The fourth-order valence-electron chi connectivity index (χ4n) is 2.10. The Morgan fingerprint density at radius 3 is 2.78 bits per heavy atom. The van der Waals surface area contributed by atoms with Gasteiger partial charge in [0.1, 0.15) is 0 Å². The van der Waals surface area contributed by atoms with Gasteiger partial charge in [-0.1, -0.05) is 17.7 Å². The molecule has 18 heavy (non-hydrogen) atoms. The van der Waals surface area contributed by atoms with Gasteiger partial charge in [0.15, 0.2) is 0 Å². The summed E-state index contributed by atoms with van der Waals surface area (Å²) in [5.74, 6) is 0. The molecule has 0 saturated heterocycles. The molecule has 3 rings (SSSR count). The molecule has 0 radical (unpaired) electrons. The Labute approximate surface area is 132 Å². The number of fused-ring (bicyclic) bond motifs is 3. The monoisotopic (exact) mass is 268 g/mol. The third-order valence-corrected chi connectivity index (χ3v) is 3.20. The fraction of sp³-hybridized carbons (Fsp3) is 0.0769. The first-order chi connectivity index (χ1) is 8.18. The first kappa shape index (κ1) is 13.6. The van der Waals surface area contributed by atoms with E-state index in [1.54, 1.807) is 30.1 Å². The first-order valence-electron chi connectivity index (χ1n) is 5.20. The van der Waals surface area contributed by atoms with E-state index in [2.05, 4.69) is 4.98 Å². The summed E-state index contributed by atoms with van der Waals surface area (Å²) >= 11 is 5.97. The molecule has 0 aliphatic rings. The standard InChI is InChI=1S/C13H9ClN2O.Na.H/c1-16-12-6-8(14)2-3-10(12)9-4-5-15-7-11(9)13(16)17;;/h2-7H,1H3;;/q;+1;-1. The number of hydrogen-bond donors (Lipinski definition) is 0. The van der Waals surface area contributed by atoms with Gasteiger partial charge in [0.25, 0.3) is 5.56 Å². The van der Waals surface area contributed by atoms with Crippen molar-refractivity contribution < 1.29 is 31.0 Å². The van der Waals surface area contributed by atoms with E-state index in [4.69, 9.17) is 11.6 Å². The molecule has 0 N–H and O–H groups in total. The van der Waals surface area contributed by atoms with Crippen molar-refractivity contribution in [3.63, 3.8) is 0 Å². The Balaban J connectivity index is 0.000000902. The van der Waals surface area contributed by atoms with E-state index in [1.807, 2.05) is 18.2 Å². The maximum Gasteiger partial charge on any atom is 1.00 e. The van der Waals surface area contributed by atoms with Crippen LogP contribution >= 0.6 is 11.6 Å². The van der Waals surface area contributed by atoms with Crippen molar-refractivity contribution >= 4 is 33.3 Å². The quantitative estimate of drug-likeness (QED) is 0.420. The van der Waals surface area contributed by atoms with Gasteiger partial charge in [-0.2, -0.15) is 0 Å². The SMILES string of the molecule is Cn1c(=O)c2cnccc2c2ccc(Cl)cc21.[H-].[Na+]. The smallest absolute Gasteiger partial charge is 1.00 e. The number of halogens is 1. The Kier molecular flexibility index (Phi) is 3.78. The first-order valence-corrected chi connectivity index (χ1v) is 5.58. The molecule has 86 valence electrons. The van der Waals surface area contributed by atoms with Gasteiger partial charge in [-0.25, -0.2) is 0 Å². The van der Waals surface area contributed by atoms with Crippen molar-refractivity contribution in [3.8, 4) is 0 Å². The predicted molar refractivity (Wildman–Crippen MR) is 70.6 cm³/mol. The second kappa shape index (κ2) is 5.02. The molecule has 0 saturated carbocycles. The van der Waals surface area contributed by atoms with Crippen LogP contribution in [-0.2, 0) is 7.05 Å². The van der Waals surface area contributed by atoms with Gasteiger partial charge in [0.05, 0.1) is 10.9 Å². The van der Waals surface area contributed by atoms with Crippen LogP contribution in [0.1, 0.15) is 1.43 Å². The van der Waals surface area contributed by atoms with Crippen LogP contribution in [0.25, 0.3) is 21.7 Å². The molecule has 0 spiro atoms. The van der Waals surface area contributed by atoms with E-state index in [-0.39, 0.29) is 36.5 Å². The Morgan fingerprint density at radius 2 is 2.00 bits per heavy atom. The minimum atomic E-state index is -0.0529. The Morgan fingerprint density at radius 1 is 1.22 bits per heavy atom. The largest absolute Gasteiger partial charge is 1.00 e. The molecule has 3 aromatic rings. The topological polar surface area (TPSA) is 34.9 Å². The van der Waals surface area contributed by atoms with Crippen LogP contribution in [0.3, 0.4) is 0 Å². The third-order valence-electron chi connectivity index (χ3n) is 2.97. The van der Waals surface area contributed by atoms with Gasteiger partial charge in [0, 0.05) is 29.9 Å². The number of rotatable bonds is 0. The molecule has 2 heterocycles. The summed E-state index contributed by atoms with van der Waals surface area (Å²) in [6.45, 7) is 0. The molecule has 0 bridgehead atoms. The van der Waals surface area contributed by atoms with Crippen molar-refractivity contribution in [2.75, 3.05) is 0 Å². The van der Waals surface area contributed by atoms with E-state index in [1.165, 1.54) is 0 Å². The van der Waals surface area contributed by atoms with Gasteiger partial charge >= 0.3 is 29.6 Å². The van der Waals surface area contributed by atoms with Crippen LogP contribution < -0.4 is 35.1 Å². The fourth-order valence-corrected chi connectivity index (χ4v) is 2.27. The predicted octanol–water partition coefficient (Wildman–Crippen LogP) is -0.143. The molecule has 0 unspecified atom stereocenters. The number of benzene rings is 1. The van der Waals surface area contributed by atoms with Crippen molar-refractivity contribution in [2.45, 2.75) is 0 Å². The number of aromatic nitrogens is 2. The molecule has 1 aromatic carbocycles.